The Balaban J connectivity index is 1.91. The second-order valence-electron chi connectivity index (χ2n) is 4.24. The van der Waals surface area contributed by atoms with Crippen LogP contribution in [0.1, 0.15) is 44.0 Å². The van der Waals surface area contributed by atoms with Crippen molar-refractivity contribution < 1.29 is 0 Å². The monoisotopic (exact) mass is 191 g/mol. The van der Waals surface area contributed by atoms with Crippen molar-refractivity contribution >= 4 is 0 Å². The summed E-state index contributed by atoms with van der Waals surface area (Å²) >= 11 is 0. The van der Waals surface area contributed by atoms with E-state index in [2.05, 4.69) is 29.1 Å². The van der Waals surface area contributed by atoms with E-state index in [4.69, 9.17) is 0 Å². The van der Waals surface area contributed by atoms with E-state index in [9.17, 15) is 0 Å². The summed E-state index contributed by atoms with van der Waals surface area (Å²) in [6.07, 6.45) is 6.48. The van der Waals surface area contributed by atoms with Crippen LogP contribution >= 0.6 is 0 Å². The van der Waals surface area contributed by atoms with E-state index in [1.54, 1.807) is 0 Å². The Morgan fingerprint density at radius 3 is 2.50 bits per heavy atom. The predicted octanol–water partition coefficient (Wildman–Crippen LogP) is 1.85. The summed E-state index contributed by atoms with van der Waals surface area (Å²) < 4.78 is 0. The van der Waals surface area contributed by atoms with Crippen LogP contribution in [0.15, 0.2) is 12.4 Å². The average molecular weight is 191 g/mol. The fourth-order valence-corrected chi connectivity index (χ4v) is 1.28. The molecule has 0 unspecified atom stereocenters. The lowest BCUT2D eigenvalue weighted by atomic mass is 10.1. The van der Waals surface area contributed by atoms with Gasteiger partial charge in [-0.25, -0.2) is 9.97 Å². The van der Waals surface area contributed by atoms with Gasteiger partial charge in [0.05, 0.1) is 6.54 Å². The molecule has 2 rings (SSSR count). The Bertz CT molecular complexity index is 288. The second-order valence-corrected chi connectivity index (χ2v) is 4.24. The van der Waals surface area contributed by atoms with Crippen LogP contribution in [-0.2, 0) is 6.54 Å². The van der Waals surface area contributed by atoms with Gasteiger partial charge in [0.1, 0.15) is 5.82 Å². The summed E-state index contributed by atoms with van der Waals surface area (Å²) in [4.78, 5) is 8.65. The molecule has 1 aliphatic rings. The van der Waals surface area contributed by atoms with E-state index in [1.165, 1.54) is 18.4 Å². The predicted molar refractivity (Wildman–Crippen MR) is 56.0 cm³/mol. The van der Waals surface area contributed by atoms with Crippen LogP contribution in [0.3, 0.4) is 0 Å². The molecule has 0 aliphatic heterocycles. The van der Waals surface area contributed by atoms with Gasteiger partial charge in [0, 0.05) is 18.4 Å². The number of hydrogen-bond donors (Lipinski definition) is 1. The number of aromatic nitrogens is 2. The molecule has 14 heavy (non-hydrogen) atoms. The van der Waals surface area contributed by atoms with E-state index < -0.39 is 0 Å². The number of rotatable bonds is 4. The summed E-state index contributed by atoms with van der Waals surface area (Å²) in [7, 11) is 0. The van der Waals surface area contributed by atoms with E-state index >= 15 is 0 Å². The highest BCUT2D eigenvalue weighted by atomic mass is 15.0. The molecule has 0 amide bonds. The van der Waals surface area contributed by atoms with Crippen LogP contribution in [-0.4, -0.2) is 16.0 Å². The Hall–Kier alpha value is -0.960. The maximum atomic E-state index is 4.33. The van der Waals surface area contributed by atoms with Gasteiger partial charge >= 0.3 is 0 Å². The first kappa shape index (κ1) is 9.59. The first-order chi connectivity index (χ1) is 6.75. The number of nitrogens with zero attached hydrogens (tertiary/aromatic N) is 2. The zero-order valence-electron chi connectivity index (χ0n) is 8.83. The van der Waals surface area contributed by atoms with Crippen molar-refractivity contribution in [2.75, 3.05) is 0 Å². The van der Waals surface area contributed by atoms with Crippen LogP contribution in [0.5, 0.6) is 0 Å². The van der Waals surface area contributed by atoms with E-state index in [1.807, 2.05) is 12.4 Å². The number of nitrogens with one attached hydrogen (secondary N) is 1. The molecule has 0 atom stereocenters. The van der Waals surface area contributed by atoms with Gasteiger partial charge < -0.3 is 5.32 Å². The molecule has 76 valence electrons. The Morgan fingerprint density at radius 1 is 1.36 bits per heavy atom. The van der Waals surface area contributed by atoms with Crippen LogP contribution in [0.2, 0.25) is 0 Å². The quantitative estimate of drug-likeness (QED) is 0.789. The Kier molecular flexibility index (Phi) is 2.77. The SMILES string of the molecule is CC(C)c1cnc(CNC2CC2)nc1. The van der Waals surface area contributed by atoms with Crippen molar-refractivity contribution in [1.29, 1.82) is 0 Å². The molecular weight excluding hydrogens is 174 g/mol. The highest BCUT2D eigenvalue weighted by molar-refractivity contribution is 5.09. The van der Waals surface area contributed by atoms with Crippen molar-refractivity contribution in [3.8, 4) is 0 Å². The third-order valence-corrected chi connectivity index (χ3v) is 2.52. The lowest BCUT2D eigenvalue weighted by Gasteiger charge is -2.05. The molecule has 0 saturated heterocycles. The Morgan fingerprint density at radius 2 is 2.00 bits per heavy atom. The van der Waals surface area contributed by atoms with Gasteiger partial charge in [-0.3, -0.25) is 0 Å². The molecule has 0 aromatic carbocycles. The number of hydrogen-bond acceptors (Lipinski definition) is 3. The highest BCUT2D eigenvalue weighted by Crippen LogP contribution is 2.18. The van der Waals surface area contributed by atoms with E-state index in [0.29, 0.717) is 5.92 Å². The van der Waals surface area contributed by atoms with Gasteiger partial charge in [-0.15, -0.1) is 0 Å². The van der Waals surface area contributed by atoms with Crippen molar-refractivity contribution in [2.45, 2.75) is 45.2 Å². The van der Waals surface area contributed by atoms with Crippen LogP contribution < -0.4 is 5.32 Å². The second kappa shape index (κ2) is 4.05. The zero-order chi connectivity index (χ0) is 9.97. The molecule has 1 aromatic heterocycles. The van der Waals surface area contributed by atoms with E-state index in [-0.39, 0.29) is 0 Å². The van der Waals surface area contributed by atoms with Crippen LogP contribution in [0, 0.1) is 0 Å². The fourth-order valence-electron chi connectivity index (χ4n) is 1.28. The molecule has 0 spiro atoms. The molecule has 0 radical (unpaired) electrons. The average Bonchev–Trinajstić information content (AvgIpc) is 2.99. The molecule has 3 heteroatoms. The molecule has 1 aliphatic carbocycles. The van der Waals surface area contributed by atoms with Gasteiger partial charge in [0.2, 0.25) is 0 Å². The molecule has 1 aromatic rings. The third kappa shape index (κ3) is 2.51. The third-order valence-electron chi connectivity index (χ3n) is 2.52. The first-order valence-electron chi connectivity index (χ1n) is 5.30. The summed E-state index contributed by atoms with van der Waals surface area (Å²) in [5.74, 6) is 1.42. The van der Waals surface area contributed by atoms with Gasteiger partial charge in [-0.2, -0.15) is 0 Å². The largest absolute Gasteiger partial charge is 0.307 e. The van der Waals surface area contributed by atoms with Gasteiger partial charge in [0.25, 0.3) is 0 Å². The molecular formula is C11H17N3. The molecule has 1 saturated carbocycles. The standard InChI is InChI=1S/C11H17N3/c1-8(2)9-5-13-11(14-6-9)7-12-10-3-4-10/h5-6,8,10,12H,3-4,7H2,1-2H3. The molecule has 1 N–H and O–H groups in total. The van der Waals surface area contributed by atoms with Crippen molar-refractivity contribution in [2.24, 2.45) is 0 Å². The topological polar surface area (TPSA) is 37.8 Å². The lowest BCUT2D eigenvalue weighted by Crippen LogP contribution is -2.17. The van der Waals surface area contributed by atoms with Crippen LogP contribution in [0.25, 0.3) is 0 Å². The van der Waals surface area contributed by atoms with Gasteiger partial charge in [-0.05, 0) is 24.3 Å². The summed E-state index contributed by atoms with van der Waals surface area (Å²) in [5, 5.41) is 3.40. The normalized spacial score (nSPS) is 16.2. The highest BCUT2D eigenvalue weighted by Gasteiger charge is 2.20. The van der Waals surface area contributed by atoms with Crippen molar-refractivity contribution in [1.82, 2.24) is 15.3 Å². The fraction of sp³-hybridized carbons (Fsp3) is 0.636. The van der Waals surface area contributed by atoms with Crippen LogP contribution in [0.4, 0.5) is 0 Å². The lowest BCUT2D eigenvalue weighted by molar-refractivity contribution is 0.654. The summed E-state index contributed by atoms with van der Waals surface area (Å²) in [6, 6.07) is 0.725. The van der Waals surface area contributed by atoms with Crippen molar-refractivity contribution in [3.05, 3.63) is 23.8 Å². The molecule has 1 heterocycles. The smallest absolute Gasteiger partial charge is 0.141 e. The summed E-state index contributed by atoms with van der Waals surface area (Å²) in [5.41, 5.74) is 1.21. The maximum absolute atomic E-state index is 4.33. The molecule has 3 nitrogen and oxygen atoms in total. The minimum atomic E-state index is 0.514. The molecule has 1 fully saturated rings. The minimum Gasteiger partial charge on any atom is -0.307 e. The van der Waals surface area contributed by atoms with Crippen molar-refractivity contribution in [3.63, 3.8) is 0 Å². The summed E-state index contributed by atoms with van der Waals surface area (Å²) in [6.45, 7) is 5.12. The van der Waals surface area contributed by atoms with Gasteiger partial charge in [0.15, 0.2) is 0 Å². The maximum Gasteiger partial charge on any atom is 0.141 e. The zero-order valence-corrected chi connectivity index (χ0v) is 8.83. The van der Waals surface area contributed by atoms with E-state index in [0.717, 1.165) is 18.4 Å². The molecule has 0 bridgehead atoms. The Labute approximate surface area is 85.0 Å². The minimum absolute atomic E-state index is 0.514. The first-order valence-corrected chi connectivity index (χ1v) is 5.30. The van der Waals surface area contributed by atoms with Gasteiger partial charge in [-0.1, -0.05) is 13.8 Å².